The molecule has 0 spiro atoms. The van der Waals surface area contributed by atoms with Gasteiger partial charge in [-0.1, -0.05) is 0 Å². The Morgan fingerprint density at radius 3 is 2.68 bits per heavy atom. The maximum absolute atomic E-state index is 13.1. The number of hydrogen-bond acceptors (Lipinski definition) is 2. The molecule has 4 heteroatoms. The first-order chi connectivity index (χ1) is 10.7. The van der Waals surface area contributed by atoms with Crippen molar-refractivity contribution in [3.8, 4) is 5.69 Å². The Bertz CT molecular complexity index is 865. The third-order valence-electron chi connectivity index (χ3n) is 4.25. The van der Waals surface area contributed by atoms with Gasteiger partial charge in [0.05, 0.1) is 17.4 Å². The van der Waals surface area contributed by atoms with Crippen LogP contribution in [0, 0.1) is 5.82 Å². The second kappa shape index (κ2) is 5.05. The Kier molecular flexibility index (Phi) is 3.03. The van der Waals surface area contributed by atoms with Gasteiger partial charge in [0.2, 0.25) is 0 Å². The van der Waals surface area contributed by atoms with Crippen LogP contribution < -0.4 is 0 Å². The smallest absolute Gasteiger partial charge is 0.137 e. The number of aromatic nitrogens is 2. The number of carbonyl (C=O) groups excluding carboxylic acids is 1. The van der Waals surface area contributed by atoms with E-state index >= 15 is 0 Å². The highest BCUT2D eigenvalue weighted by molar-refractivity contribution is 5.86. The second-order valence-electron chi connectivity index (χ2n) is 5.78. The van der Waals surface area contributed by atoms with Gasteiger partial charge in [-0.3, -0.25) is 4.79 Å². The van der Waals surface area contributed by atoms with Crippen molar-refractivity contribution in [2.24, 2.45) is 0 Å². The average Bonchev–Trinajstić information content (AvgIpc) is 2.81. The minimum atomic E-state index is -0.257. The zero-order valence-electron chi connectivity index (χ0n) is 12.1. The van der Waals surface area contributed by atoms with Crippen LogP contribution in [0.3, 0.4) is 0 Å². The molecule has 110 valence electrons. The molecule has 0 amide bonds. The fourth-order valence-corrected chi connectivity index (χ4v) is 3.13. The lowest BCUT2D eigenvalue weighted by atomic mass is 10.0. The van der Waals surface area contributed by atoms with Crippen LogP contribution in [-0.2, 0) is 17.6 Å². The Hall–Kier alpha value is -2.49. The number of fused-ring (bicyclic) bond motifs is 2. The van der Waals surface area contributed by atoms with Crippen LogP contribution in [0.15, 0.2) is 42.6 Å². The van der Waals surface area contributed by atoms with E-state index in [1.165, 1.54) is 17.7 Å². The van der Waals surface area contributed by atoms with Crippen molar-refractivity contribution < 1.29 is 9.18 Å². The second-order valence-corrected chi connectivity index (χ2v) is 5.78. The molecule has 0 saturated heterocycles. The number of benzene rings is 2. The lowest BCUT2D eigenvalue weighted by Gasteiger charge is -2.08. The summed E-state index contributed by atoms with van der Waals surface area (Å²) in [5, 5.41) is 5.43. The summed E-state index contributed by atoms with van der Waals surface area (Å²) in [6, 6.07) is 10.5. The maximum atomic E-state index is 13.1. The van der Waals surface area contributed by atoms with E-state index in [1.54, 1.807) is 18.3 Å². The normalized spacial score (nSPS) is 14.9. The number of aryl methyl sites for hydroxylation is 1. The Balaban J connectivity index is 1.87. The van der Waals surface area contributed by atoms with Crippen LogP contribution in [0.25, 0.3) is 16.6 Å². The van der Waals surface area contributed by atoms with Crippen molar-refractivity contribution in [1.29, 1.82) is 0 Å². The largest absolute Gasteiger partial charge is 0.299 e. The van der Waals surface area contributed by atoms with Crippen LogP contribution in [-0.4, -0.2) is 15.6 Å². The Labute approximate surface area is 127 Å². The molecule has 4 rings (SSSR count). The molecule has 2 aromatic carbocycles. The molecule has 0 bridgehead atoms. The quantitative estimate of drug-likeness (QED) is 0.643. The van der Waals surface area contributed by atoms with Gasteiger partial charge in [0.1, 0.15) is 11.6 Å². The van der Waals surface area contributed by atoms with Gasteiger partial charge in [-0.15, -0.1) is 0 Å². The van der Waals surface area contributed by atoms with Crippen molar-refractivity contribution in [2.75, 3.05) is 0 Å². The van der Waals surface area contributed by atoms with Gasteiger partial charge < -0.3 is 0 Å². The van der Waals surface area contributed by atoms with E-state index in [0.29, 0.717) is 18.6 Å². The van der Waals surface area contributed by atoms with Gasteiger partial charge in [0, 0.05) is 18.2 Å². The van der Waals surface area contributed by atoms with Gasteiger partial charge in [-0.2, -0.15) is 5.10 Å². The number of carbonyl (C=O) groups is 1. The van der Waals surface area contributed by atoms with Gasteiger partial charge >= 0.3 is 0 Å². The lowest BCUT2D eigenvalue weighted by Crippen LogP contribution is -2.00. The molecule has 0 N–H and O–H groups in total. The van der Waals surface area contributed by atoms with E-state index in [-0.39, 0.29) is 5.82 Å². The molecule has 3 aromatic rings. The Morgan fingerprint density at radius 2 is 1.86 bits per heavy atom. The van der Waals surface area contributed by atoms with Gasteiger partial charge in [0.25, 0.3) is 0 Å². The van der Waals surface area contributed by atoms with Gasteiger partial charge in [-0.25, -0.2) is 9.07 Å². The highest BCUT2D eigenvalue weighted by Crippen LogP contribution is 2.26. The summed E-state index contributed by atoms with van der Waals surface area (Å²) in [5.74, 6) is 0.0524. The summed E-state index contributed by atoms with van der Waals surface area (Å²) < 4.78 is 14.9. The van der Waals surface area contributed by atoms with Crippen molar-refractivity contribution in [1.82, 2.24) is 9.78 Å². The van der Waals surface area contributed by atoms with Crippen LogP contribution in [0.2, 0.25) is 0 Å². The average molecular weight is 294 g/mol. The number of rotatable bonds is 1. The standard InChI is InChI=1S/C18H15FN2O/c19-15-4-6-16(7-5-15)21-18-10-12-2-1-3-17(22)9-13(12)8-14(18)11-20-21/h4-8,10-11H,1-3,9H2. The third kappa shape index (κ3) is 2.21. The summed E-state index contributed by atoms with van der Waals surface area (Å²) in [4.78, 5) is 11.8. The van der Waals surface area contributed by atoms with E-state index in [1.807, 2.05) is 4.68 Å². The molecule has 0 fully saturated rings. The molecule has 0 atom stereocenters. The SMILES string of the molecule is O=C1CCCc2cc3c(cnn3-c3ccc(F)cc3)cc2C1. The molecule has 3 nitrogen and oxygen atoms in total. The molecule has 1 aliphatic rings. The molecule has 1 aliphatic carbocycles. The number of ketones is 1. The van der Waals surface area contributed by atoms with Crippen molar-refractivity contribution in [3.05, 3.63) is 59.5 Å². The van der Waals surface area contributed by atoms with Gasteiger partial charge in [0.15, 0.2) is 0 Å². The monoisotopic (exact) mass is 294 g/mol. The third-order valence-corrected chi connectivity index (χ3v) is 4.25. The molecule has 1 heterocycles. The number of Topliss-reactive ketones (excluding diaryl/α,β-unsaturated/α-hetero) is 1. The summed E-state index contributed by atoms with van der Waals surface area (Å²) in [6.45, 7) is 0. The highest BCUT2D eigenvalue weighted by atomic mass is 19.1. The zero-order valence-corrected chi connectivity index (χ0v) is 12.1. The fourth-order valence-electron chi connectivity index (χ4n) is 3.13. The highest BCUT2D eigenvalue weighted by Gasteiger charge is 2.16. The predicted molar refractivity (Wildman–Crippen MR) is 82.7 cm³/mol. The maximum Gasteiger partial charge on any atom is 0.137 e. The topological polar surface area (TPSA) is 34.9 Å². The first-order valence-electron chi connectivity index (χ1n) is 7.48. The van der Waals surface area contributed by atoms with Crippen LogP contribution >= 0.6 is 0 Å². The molecule has 1 aromatic heterocycles. The molecule has 0 unspecified atom stereocenters. The lowest BCUT2D eigenvalue weighted by molar-refractivity contribution is -0.118. The Morgan fingerprint density at radius 1 is 1.05 bits per heavy atom. The fraction of sp³-hybridized carbons (Fsp3) is 0.222. The van der Waals surface area contributed by atoms with Crippen molar-refractivity contribution in [2.45, 2.75) is 25.7 Å². The zero-order chi connectivity index (χ0) is 15.1. The van der Waals surface area contributed by atoms with E-state index in [9.17, 15) is 9.18 Å². The minimum absolute atomic E-state index is 0.257. The minimum Gasteiger partial charge on any atom is -0.299 e. The van der Waals surface area contributed by atoms with E-state index in [2.05, 4.69) is 17.2 Å². The van der Waals surface area contributed by atoms with E-state index < -0.39 is 0 Å². The molecule has 22 heavy (non-hydrogen) atoms. The number of halogens is 1. The van der Waals surface area contributed by atoms with Crippen molar-refractivity contribution in [3.63, 3.8) is 0 Å². The summed E-state index contributed by atoms with van der Waals surface area (Å²) >= 11 is 0. The van der Waals surface area contributed by atoms with E-state index in [4.69, 9.17) is 0 Å². The predicted octanol–water partition coefficient (Wildman–Crippen LogP) is 3.61. The molecular weight excluding hydrogens is 279 g/mol. The number of hydrogen-bond donors (Lipinski definition) is 0. The summed E-state index contributed by atoms with van der Waals surface area (Å²) in [5.41, 5.74) is 4.18. The summed E-state index contributed by atoms with van der Waals surface area (Å²) in [7, 11) is 0. The molecule has 0 aliphatic heterocycles. The van der Waals surface area contributed by atoms with Gasteiger partial charge in [-0.05, 0) is 60.4 Å². The first kappa shape index (κ1) is 13.2. The van der Waals surface area contributed by atoms with Crippen LogP contribution in [0.1, 0.15) is 24.0 Å². The first-order valence-corrected chi connectivity index (χ1v) is 7.48. The molecule has 0 radical (unpaired) electrons. The van der Waals surface area contributed by atoms with E-state index in [0.717, 1.165) is 35.0 Å². The van der Waals surface area contributed by atoms with Crippen LogP contribution in [0.5, 0.6) is 0 Å². The van der Waals surface area contributed by atoms with Crippen LogP contribution in [0.4, 0.5) is 4.39 Å². The molecule has 0 saturated carbocycles. The number of nitrogens with zero attached hydrogens (tertiary/aromatic N) is 2. The summed E-state index contributed by atoms with van der Waals surface area (Å²) in [6.07, 6.45) is 4.81. The molecular formula is C18H15FN2O. The van der Waals surface area contributed by atoms with Crippen molar-refractivity contribution >= 4 is 16.7 Å².